The van der Waals surface area contributed by atoms with Gasteiger partial charge in [-0.15, -0.1) is 0 Å². The molecule has 1 aliphatic heterocycles. The topological polar surface area (TPSA) is 82.0 Å². The van der Waals surface area contributed by atoms with Gasteiger partial charge in [-0.1, -0.05) is 24.3 Å². The van der Waals surface area contributed by atoms with Gasteiger partial charge < -0.3 is 5.11 Å². The van der Waals surface area contributed by atoms with Crippen LogP contribution in [0.5, 0.6) is 0 Å². The van der Waals surface area contributed by atoms with Gasteiger partial charge >= 0.3 is 0 Å². The van der Waals surface area contributed by atoms with Crippen molar-refractivity contribution in [3.05, 3.63) is 35.4 Å². The molecule has 0 aromatic heterocycles. The fraction of sp³-hybridized carbons (Fsp3) is 0.500. The molecule has 0 radical (unpaired) electrons. The van der Waals surface area contributed by atoms with E-state index in [1.165, 1.54) is 5.06 Å². The Morgan fingerprint density at radius 2 is 2.25 bits per heavy atom. The molecule has 6 nitrogen and oxygen atoms in total. The van der Waals surface area contributed by atoms with E-state index >= 15 is 0 Å². The van der Waals surface area contributed by atoms with Crippen LogP contribution in [0.15, 0.2) is 24.3 Å². The predicted octanol–water partition coefficient (Wildman–Crippen LogP) is 0.757. The molecule has 1 heterocycles. The highest BCUT2D eigenvalue weighted by molar-refractivity contribution is 5.80. The fourth-order valence-corrected chi connectivity index (χ4v) is 2.32. The maximum absolute atomic E-state index is 11.6. The number of benzene rings is 1. The molecular weight excluding hydrogens is 260 g/mol. The zero-order valence-corrected chi connectivity index (χ0v) is 11.5. The number of hydrogen-bond donors (Lipinski definition) is 3. The number of aliphatic hydroxyl groups excluding tert-OH is 1. The number of amides is 1. The summed E-state index contributed by atoms with van der Waals surface area (Å²) < 4.78 is 0. The largest absolute Gasteiger partial charge is 0.393 e. The van der Waals surface area contributed by atoms with Gasteiger partial charge in [0.15, 0.2) is 0 Å². The average Bonchev–Trinajstić information content (AvgIpc) is 2.46. The Labute approximate surface area is 117 Å². The summed E-state index contributed by atoms with van der Waals surface area (Å²) in [4.78, 5) is 17.3. The minimum Gasteiger partial charge on any atom is -0.393 e. The Hall–Kier alpha value is -1.47. The number of aliphatic hydroxyl groups is 1. The Bertz CT molecular complexity index is 466. The summed E-state index contributed by atoms with van der Waals surface area (Å²) in [5, 5.41) is 19.9. The Morgan fingerprint density at radius 1 is 1.50 bits per heavy atom. The lowest BCUT2D eigenvalue weighted by molar-refractivity contribution is -0.219. The Kier molecular flexibility index (Phi) is 5.08. The highest BCUT2D eigenvalue weighted by Crippen LogP contribution is 2.20. The molecule has 2 atom stereocenters. The van der Waals surface area contributed by atoms with E-state index in [1.807, 2.05) is 31.2 Å². The van der Waals surface area contributed by atoms with Crippen molar-refractivity contribution in [2.45, 2.75) is 38.5 Å². The zero-order chi connectivity index (χ0) is 14.5. The van der Waals surface area contributed by atoms with Gasteiger partial charge in [0.1, 0.15) is 6.04 Å². The smallest absolute Gasteiger partial charge is 0.263 e. The summed E-state index contributed by atoms with van der Waals surface area (Å²) in [5.41, 5.74) is 3.78. The van der Waals surface area contributed by atoms with Crippen molar-refractivity contribution in [1.82, 2.24) is 10.5 Å². The van der Waals surface area contributed by atoms with Crippen molar-refractivity contribution < 1.29 is 19.9 Å². The van der Waals surface area contributed by atoms with Crippen molar-refractivity contribution in [2.24, 2.45) is 0 Å². The summed E-state index contributed by atoms with van der Waals surface area (Å²) in [6.07, 6.45) is 0.249. The van der Waals surface area contributed by atoms with Crippen molar-refractivity contribution in [2.75, 3.05) is 6.54 Å². The van der Waals surface area contributed by atoms with Crippen LogP contribution in [0.4, 0.5) is 0 Å². The molecular formula is C14H20N2O4. The standard InChI is InChI=1S/C14H20N2O4/c1-10-4-2-3-5-11(10)9-20-16-7-6-12(17)8-13(16)14(18)15-19/h2-5,12-13,17,19H,6-9H2,1H3,(H,15,18)/t12-,13+/m0/s1. The lowest BCUT2D eigenvalue weighted by Crippen LogP contribution is -2.51. The van der Waals surface area contributed by atoms with Gasteiger partial charge in [0.05, 0.1) is 12.7 Å². The minimum atomic E-state index is -0.673. The number of hydroxylamine groups is 3. The molecule has 0 aliphatic carbocycles. The quantitative estimate of drug-likeness (QED) is 0.560. The van der Waals surface area contributed by atoms with E-state index in [1.54, 1.807) is 5.48 Å². The summed E-state index contributed by atoms with van der Waals surface area (Å²) in [5.74, 6) is -0.562. The molecule has 0 spiro atoms. The van der Waals surface area contributed by atoms with Crippen LogP contribution in [0, 0.1) is 6.92 Å². The zero-order valence-electron chi connectivity index (χ0n) is 11.5. The molecule has 0 saturated carbocycles. The summed E-state index contributed by atoms with van der Waals surface area (Å²) in [6.45, 7) is 2.81. The third-order valence-electron chi connectivity index (χ3n) is 3.59. The second kappa shape index (κ2) is 6.81. The third-order valence-corrected chi connectivity index (χ3v) is 3.59. The molecule has 1 aromatic carbocycles. The van der Waals surface area contributed by atoms with E-state index in [0.717, 1.165) is 11.1 Å². The van der Waals surface area contributed by atoms with E-state index < -0.39 is 18.1 Å². The van der Waals surface area contributed by atoms with Crippen LogP contribution in [0.1, 0.15) is 24.0 Å². The van der Waals surface area contributed by atoms with Gasteiger partial charge in [0.2, 0.25) is 0 Å². The Balaban J connectivity index is 1.99. The van der Waals surface area contributed by atoms with E-state index in [-0.39, 0.29) is 6.42 Å². The number of nitrogens with zero attached hydrogens (tertiary/aromatic N) is 1. The first-order valence-electron chi connectivity index (χ1n) is 6.68. The van der Waals surface area contributed by atoms with E-state index in [4.69, 9.17) is 10.0 Å². The van der Waals surface area contributed by atoms with Crippen LogP contribution in [-0.4, -0.2) is 40.0 Å². The minimum absolute atomic E-state index is 0.250. The number of carbonyl (C=O) groups is 1. The number of hydrogen-bond acceptors (Lipinski definition) is 5. The highest BCUT2D eigenvalue weighted by atomic mass is 16.7. The van der Waals surface area contributed by atoms with Crippen LogP contribution < -0.4 is 5.48 Å². The van der Waals surface area contributed by atoms with E-state index in [9.17, 15) is 9.90 Å². The number of rotatable bonds is 4. The molecule has 110 valence electrons. The molecule has 1 saturated heterocycles. The summed E-state index contributed by atoms with van der Waals surface area (Å²) >= 11 is 0. The summed E-state index contributed by atoms with van der Waals surface area (Å²) in [6, 6.07) is 7.18. The van der Waals surface area contributed by atoms with Crippen LogP contribution in [0.3, 0.4) is 0 Å². The lowest BCUT2D eigenvalue weighted by atomic mass is 10.0. The van der Waals surface area contributed by atoms with Gasteiger partial charge in [0.25, 0.3) is 5.91 Å². The van der Waals surface area contributed by atoms with Crippen LogP contribution in [0.2, 0.25) is 0 Å². The molecule has 2 rings (SSSR count). The van der Waals surface area contributed by atoms with E-state index in [2.05, 4.69) is 0 Å². The number of piperidine rings is 1. The van der Waals surface area contributed by atoms with Gasteiger partial charge in [-0.3, -0.25) is 14.8 Å². The second-order valence-corrected chi connectivity index (χ2v) is 5.01. The summed E-state index contributed by atoms with van der Waals surface area (Å²) in [7, 11) is 0. The molecule has 6 heteroatoms. The lowest BCUT2D eigenvalue weighted by Gasteiger charge is -2.35. The van der Waals surface area contributed by atoms with Gasteiger partial charge in [-0.05, 0) is 24.5 Å². The predicted molar refractivity (Wildman–Crippen MR) is 71.6 cm³/mol. The average molecular weight is 280 g/mol. The highest BCUT2D eigenvalue weighted by Gasteiger charge is 2.33. The molecule has 3 N–H and O–H groups in total. The fourth-order valence-electron chi connectivity index (χ4n) is 2.32. The Morgan fingerprint density at radius 3 is 2.95 bits per heavy atom. The maximum Gasteiger partial charge on any atom is 0.263 e. The van der Waals surface area contributed by atoms with E-state index in [0.29, 0.717) is 19.6 Å². The monoisotopic (exact) mass is 280 g/mol. The molecule has 0 bridgehead atoms. The molecule has 1 fully saturated rings. The van der Waals surface area contributed by atoms with Crippen LogP contribution in [0.25, 0.3) is 0 Å². The first-order valence-corrected chi connectivity index (χ1v) is 6.68. The number of carbonyl (C=O) groups excluding carboxylic acids is 1. The van der Waals surface area contributed by atoms with Gasteiger partial charge in [0, 0.05) is 13.0 Å². The maximum atomic E-state index is 11.6. The SMILES string of the molecule is Cc1ccccc1CON1CC[C@H](O)C[C@@H]1C(=O)NO. The number of aryl methyl sites for hydroxylation is 1. The van der Waals surface area contributed by atoms with Gasteiger partial charge in [-0.2, -0.15) is 5.06 Å². The van der Waals surface area contributed by atoms with Gasteiger partial charge in [-0.25, -0.2) is 5.48 Å². The van der Waals surface area contributed by atoms with Crippen molar-refractivity contribution in [3.8, 4) is 0 Å². The number of nitrogens with one attached hydrogen (secondary N) is 1. The second-order valence-electron chi connectivity index (χ2n) is 5.01. The molecule has 0 unspecified atom stereocenters. The normalized spacial score (nSPS) is 23.6. The van der Waals surface area contributed by atoms with Crippen molar-refractivity contribution in [1.29, 1.82) is 0 Å². The first-order chi connectivity index (χ1) is 9.61. The van der Waals surface area contributed by atoms with Crippen LogP contribution >= 0.6 is 0 Å². The van der Waals surface area contributed by atoms with Crippen molar-refractivity contribution >= 4 is 5.91 Å². The molecule has 1 aliphatic rings. The third kappa shape index (κ3) is 3.55. The van der Waals surface area contributed by atoms with Crippen LogP contribution in [-0.2, 0) is 16.2 Å². The molecule has 20 heavy (non-hydrogen) atoms. The molecule has 1 aromatic rings. The van der Waals surface area contributed by atoms with Crippen molar-refractivity contribution in [3.63, 3.8) is 0 Å². The first kappa shape index (κ1) is 14.9. The molecule has 1 amide bonds.